The Morgan fingerprint density at radius 2 is 2.00 bits per heavy atom. The van der Waals surface area contributed by atoms with Gasteiger partial charge in [0.1, 0.15) is 4.32 Å². The van der Waals surface area contributed by atoms with Crippen LogP contribution in [-0.4, -0.2) is 34.0 Å². The van der Waals surface area contributed by atoms with Crippen molar-refractivity contribution in [1.82, 2.24) is 4.90 Å². The molecule has 5 heteroatoms. The smallest absolute Gasteiger partial charge is 0.234 e. The summed E-state index contributed by atoms with van der Waals surface area (Å²) in [6, 6.07) is 7.93. The van der Waals surface area contributed by atoms with Gasteiger partial charge in [0.2, 0.25) is 5.91 Å². The summed E-state index contributed by atoms with van der Waals surface area (Å²) in [6.07, 6.45) is 0.963. The van der Waals surface area contributed by atoms with E-state index in [1.807, 2.05) is 18.2 Å². The number of aryl methyl sites for hydroxylation is 1. The molecule has 1 aromatic rings. The van der Waals surface area contributed by atoms with Crippen LogP contribution in [0.3, 0.4) is 0 Å². The van der Waals surface area contributed by atoms with E-state index >= 15 is 0 Å². The highest BCUT2D eigenvalue weighted by Crippen LogP contribution is 2.13. The lowest BCUT2D eigenvalue weighted by atomic mass is 10.1. The molecule has 1 amide bonds. The highest BCUT2D eigenvalue weighted by molar-refractivity contribution is 8.23. The Morgan fingerprint density at radius 1 is 1.30 bits per heavy atom. The van der Waals surface area contributed by atoms with Crippen LogP contribution >= 0.6 is 24.0 Å². The second kappa shape index (κ2) is 8.97. The Bertz CT molecular complexity index is 459. The molecule has 0 aliphatic rings. The predicted molar refractivity (Wildman–Crippen MR) is 92.4 cm³/mol. The maximum Gasteiger partial charge on any atom is 0.234 e. The van der Waals surface area contributed by atoms with E-state index in [9.17, 15) is 4.79 Å². The van der Waals surface area contributed by atoms with E-state index in [0.29, 0.717) is 5.75 Å². The van der Waals surface area contributed by atoms with Crippen molar-refractivity contribution in [1.29, 1.82) is 0 Å². The van der Waals surface area contributed by atoms with Crippen molar-refractivity contribution in [2.75, 3.05) is 24.2 Å². The summed E-state index contributed by atoms with van der Waals surface area (Å²) >= 11 is 6.72. The molecule has 0 aliphatic carbocycles. The average molecular weight is 310 g/mol. The van der Waals surface area contributed by atoms with Crippen molar-refractivity contribution >= 4 is 39.9 Å². The van der Waals surface area contributed by atoms with Crippen molar-refractivity contribution < 1.29 is 4.79 Å². The molecule has 0 atom stereocenters. The molecular weight excluding hydrogens is 288 g/mol. The highest BCUT2D eigenvalue weighted by atomic mass is 32.2. The average Bonchev–Trinajstić information content (AvgIpc) is 2.46. The Hall–Kier alpha value is -1.07. The second-order valence-electron chi connectivity index (χ2n) is 4.33. The van der Waals surface area contributed by atoms with Crippen LogP contribution in [0.15, 0.2) is 24.3 Å². The summed E-state index contributed by atoms with van der Waals surface area (Å²) in [7, 11) is 0. The number of amides is 1. The number of benzene rings is 1. The van der Waals surface area contributed by atoms with Crippen LogP contribution in [0.2, 0.25) is 0 Å². The minimum Gasteiger partial charge on any atom is -0.358 e. The van der Waals surface area contributed by atoms with Gasteiger partial charge in [-0.25, -0.2) is 0 Å². The third kappa shape index (κ3) is 5.51. The zero-order chi connectivity index (χ0) is 15.0. The molecule has 20 heavy (non-hydrogen) atoms. The number of thioether (sulfide) groups is 1. The number of thiocarbonyl (C=S) groups is 1. The van der Waals surface area contributed by atoms with Gasteiger partial charge in [0.15, 0.2) is 0 Å². The normalized spacial score (nSPS) is 10.2. The van der Waals surface area contributed by atoms with E-state index in [2.05, 4.69) is 37.1 Å². The molecular formula is C15H22N2OS2. The largest absolute Gasteiger partial charge is 0.358 e. The molecule has 0 fully saturated rings. The van der Waals surface area contributed by atoms with Crippen LogP contribution in [0, 0.1) is 0 Å². The van der Waals surface area contributed by atoms with Gasteiger partial charge in [-0.1, -0.05) is 43.0 Å². The first-order valence-electron chi connectivity index (χ1n) is 6.91. The number of carbonyl (C=O) groups excluding carboxylic acids is 1. The van der Waals surface area contributed by atoms with Crippen LogP contribution < -0.4 is 5.32 Å². The zero-order valence-corrected chi connectivity index (χ0v) is 13.9. The van der Waals surface area contributed by atoms with Gasteiger partial charge in [-0.2, -0.15) is 0 Å². The molecule has 0 saturated carbocycles. The van der Waals surface area contributed by atoms with Gasteiger partial charge in [-0.15, -0.1) is 0 Å². The number of hydrogen-bond donors (Lipinski definition) is 1. The van der Waals surface area contributed by atoms with Crippen LogP contribution in [-0.2, 0) is 11.2 Å². The van der Waals surface area contributed by atoms with Crippen molar-refractivity contribution in [3.05, 3.63) is 29.8 Å². The van der Waals surface area contributed by atoms with Crippen LogP contribution in [0.4, 0.5) is 5.69 Å². The van der Waals surface area contributed by atoms with E-state index in [1.165, 1.54) is 17.3 Å². The third-order valence-corrected chi connectivity index (χ3v) is 4.49. The lowest BCUT2D eigenvalue weighted by Crippen LogP contribution is -2.28. The second-order valence-corrected chi connectivity index (χ2v) is 5.94. The maximum absolute atomic E-state index is 11.9. The van der Waals surface area contributed by atoms with Gasteiger partial charge in [-0.05, 0) is 38.0 Å². The van der Waals surface area contributed by atoms with Crippen molar-refractivity contribution in [2.24, 2.45) is 0 Å². The Morgan fingerprint density at radius 3 is 2.60 bits per heavy atom. The predicted octanol–water partition coefficient (Wildman–Crippen LogP) is 3.55. The summed E-state index contributed by atoms with van der Waals surface area (Å²) in [5.74, 6) is 0.337. The monoisotopic (exact) mass is 310 g/mol. The van der Waals surface area contributed by atoms with Gasteiger partial charge in [0, 0.05) is 18.8 Å². The van der Waals surface area contributed by atoms with Gasteiger partial charge < -0.3 is 10.2 Å². The number of carbonyl (C=O) groups is 1. The molecule has 3 nitrogen and oxygen atoms in total. The fraction of sp³-hybridized carbons (Fsp3) is 0.467. The molecule has 1 N–H and O–H groups in total. The summed E-state index contributed by atoms with van der Waals surface area (Å²) < 4.78 is 0.785. The van der Waals surface area contributed by atoms with Crippen molar-refractivity contribution in [2.45, 2.75) is 27.2 Å². The first-order valence-corrected chi connectivity index (χ1v) is 8.30. The fourth-order valence-corrected chi connectivity index (χ4v) is 2.97. The van der Waals surface area contributed by atoms with E-state index in [-0.39, 0.29) is 5.91 Å². The first kappa shape index (κ1) is 17.0. The van der Waals surface area contributed by atoms with Gasteiger partial charge in [-0.3, -0.25) is 4.79 Å². The molecule has 0 radical (unpaired) electrons. The van der Waals surface area contributed by atoms with E-state index in [0.717, 1.165) is 29.5 Å². The molecule has 110 valence electrons. The first-order chi connectivity index (χ1) is 9.60. The lowest BCUT2D eigenvalue weighted by molar-refractivity contribution is -0.113. The zero-order valence-electron chi connectivity index (χ0n) is 12.3. The molecule has 0 aliphatic heterocycles. The highest BCUT2D eigenvalue weighted by Gasteiger charge is 2.09. The SMILES string of the molecule is CCc1cccc(NC(=O)CSC(=S)N(CC)CC)c1. The Balaban J connectivity index is 2.45. The molecule has 0 bridgehead atoms. The molecule has 1 aromatic carbocycles. The lowest BCUT2D eigenvalue weighted by Gasteiger charge is -2.20. The molecule has 1 rings (SSSR count). The minimum absolute atomic E-state index is 0.0160. The number of rotatable bonds is 6. The van der Waals surface area contributed by atoms with E-state index < -0.39 is 0 Å². The molecule has 0 unspecified atom stereocenters. The van der Waals surface area contributed by atoms with E-state index in [4.69, 9.17) is 12.2 Å². The quantitative estimate of drug-likeness (QED) is 0.815. The standard InChI is InChI=1S/C15H22N2OS2/c1-4-12-8-7-9-13(10-12)16-14(18)11-20-15(19)17(5-2)6-3/h7-10H,4-6,11H2,1-3H3,(H,16,18). The van der Waals surface area contributed by atoms with Crippen molar-refractivity contribution in [3.63, 3.8) is 0 Å². The summed E-state index contributed by atoms with van der Waals surface area (Å²) in [4.78, 5) is 14.0. The van der Waals surface area contributed by atoms with Crippen LogP contribution in [0.5, 0.6) is 0 Å². The molecule has 0 aromatic heterocycles. The topological polar surface area (TPSA) is 32.3 Å². The molecule has 0 heterocycles. The Labute approximate surface area is 131 Å². The van der Waals surface area contributed by atoms with Gasteiger partial charge in [0.05, 0.1) is 5.75 Å². The van der Waals surface area contributed by atoms with Crippen LogP contribution in [0.25, 0.3) is 0 Å². The Kier molecular flexibility index (Phi) is 7.62. The summed E-state index contributed by atoms with van der Waals surface area (Å²) in [5.41, 5.74) is 2.07. The fourth-order valence-electron chi connectivity index (χ4n) is 1.77. The maximum atomic E-state index is 11.9. The number of nitrogens with zero attached hydrogens (tertiary/aromatic N) is 1. The molecule has 0 spiro atoms. The third-order valence-electron chi connectivity index (χ3n) is 2.97. The van der Waals surface area contributed by atoms with Gasteiger partial charge in [0.25, 0.3) is 0 Å². The van der Waals surface area contributed by atoms with E-state index in [1.54, 1.807) is 0 Å². The summed E-state index contributed by atoms with van der Waals surface area (Å²) in [6.45, 7) is 7.98. The number of nitrogens with one attached hydrogen (secondary N) is 1. The summed E-state index contributed by atoms with van der Waals surface area (Å²) in [5, 5.41) is 2.91. The number of hydrogen-bond acceptors (Lipinski definition) is 3. The van der Waals surface area contributed by atoms with Crippen LogP contribution in [0.1, 0.15) is 26.3 Å². The van der Waals surface area contributed by atoms with Gasteiger partial charge >= 0.3 is 0 Å². The minimum atomic E-state index is -0.0160. The number of anilines is 1. The van der Waals surface area contributed by atoms with Crippen molar-refractivity contribution in [3.8, 4) is 0 Å². The molecule has 0 saturated heterocycles.